The van der Waals surface area contributed by atoms with Crippen molar-refractivity contribution in [3.63, 3.8) is 0 Å². The van der Waals surface area contributed by atoms with Crippen molar-refractivity contribution in [2.24, 2.45) is 0 Å². The molecule has 0 unspecified atom stereocenters. The van der Waals surface area contributed by atoms with Gasteiger partial charge in [0.25, 0.3) is 5.79 Å². The van der Waals surface area contributed by atoms with Crippen LogP contribution in [-0.2, 0) is 20.0 Å². The minimum Gasteiger partial charge on any atom is -0.451 e. The van der Waals surface area contributed by atoms with Gasteiger partial charge in [-0.25, -0.2) is 0 Å². The third kappa shape index (κ3) is 5.83. The number of rotatable bonds is 6. The van der Waals surface area contributed by atoms with Crippen LogP contribution in [0.4, 0.5) is 0 Å². The average Bonchev–Trinajstić information content (AvgIpc) is 3.15. The molecular weight excluding hydrogens is 690 g/mol. The molecule has 0 atom stereocenters. The molecule has 0 saturated heterocycles. The first kappa shape index (κ1) is 35.4. The molecule has 0 saturated carbocycles. The smallest absolute Gasteiger partial charge is 0.253 e. The Hall–Kier alpha value is -4.62. The monoisotopic (exact) mass is 736 g/mol. The molecule has 1 spiro atoms. The largest absolute Gasteiger partial charge is 0.451 e. The first-order chi connectivity index (χ1) is 25.3. The van der Waals surface area contributed by atoms with Gasteiger partial charge in [-0.1, -0.05) is 161 Å². The maximum Gasteiger partial charge on any atom is 0.253 e. The Morgan fingerprint density at radius 1 is 0.453 bits per heavy atom. The topological polar surface area (TPSA) is 52.6 Å². The highest BCUT2D eigenvalue weighted by atomic mass is 31.2. The zero-order valence-electron chi connectivity index (χ0n) is 31.3. The fourth-order valence-electron chi connectivity index (χ4n) is 8.74. The predicted octanol–water partition coefficient (Wildman–Crippen LogP) is 9.10. The molecule has 0 N–H and O–H groups in total. The van der Waals surface area contributed by atoms with E-state index in [1.54, 1.807) is 0 Å². The van der Waals surface area contributed by atoms with E-state index >= 15 is 9.13 Å². The molecule has 2 heterocycles. The number of benzene rings is 6. The summed E-state index contributed by atoms with van der Waals surface area (Å²) in [6.45, 7) is 13.1. The number of hydrogen-bond donors (Lipinski definition) is 0. The minimum absolute atomic E-state index is 0.423. The molecule has 2 aliphatic rings. The molecule has 6 heteroatoms. The molecule has 2 aliphatic heterocycles. The fourth-order valence-corrected chi connectivity index (χ4v) is 14.5. The highest BCUT2D eigenvalue weighted by molar-refractivity contribution is 7.86. The van der Waals surface area contributed by atoms with E-state index in [1.807, 2.05) is 133 Å². The maximum absolute atomic E-state index is 16.0. The van der Waals surface area contributed by atoms with Gasteiger partial charge in [-0.05, 0) is 37.1 Å². The summed E-state index contributed by atoms with van der Waals surface area (Å²) in [4.78, 5) is 0. The van der Waals surface area contributed by atoms with Gasteiger partial charge < -0.3 is 18.6 Å². The number of ether oxygens (including phenoxy) is 2. The zero-order valence-corrected chi connectivity index (χ0v) is 33.1. The molecule has 0 aromatic heterocycles. The Bertz CT molecular complexity index is 2160. The third-order valence-corrected chi connectivity index (χ3v) is 17.2. The van der Waals surface area contributed by atoms with E-state index in [0.29, 0.717) is 34.9 Å². The van der Waals surface area contributed by atoms with Crippen molar-refractivity contribution in [3.8, 4) is 11.5 Å². The van der Waals surface area contributed by atoms with Crippen LogP contribution in [-0.4, -0.2) is 5.79 Å². The van der Waals surface area contributed by atoms with E-state index in [9.17, 15) is 0 Å². The van der Waals surface area contributed by atoms with Crippen molar-refractivity contribution in [2.45, 2.75) is 71.0 Å². The summed E-state index contributed by atoms with van der Waals surface area (Å²) in [6, 6.07) is 47.6. The van der Waals surface area contributed by atoms with E-state index < -0.39 is 30.9 Å². The quantitative estimate of drug-likeness (QED) is 0.160. The van der Waals surface area contributed by atoms with Gasteiger partial charge in [-0.2, -0.15) is 0 Å². The van der Waals surface area contributed by atoms with Crippen LogP contribution in [0.1, 0.15) is 62.8 Å². The highest BCUT2D eigenvalue weighted by Gasteiger charge is 2.56. The van der Waals surface area contributed by atoms with Crippen LogP contribution >= 0.6 is 14.3 Å². The lowest BCUT2D eigenvalue weighted by Crippen LogP contribution is -2.57. The van der Waals surface area contributed by atoms with Gasteiger partial charge in [0.1, 0.15) is 11.5 Å². The van der Waals surface area contributed by atoms with Crippen LogP contribution in [0.15, 0.2) is 146 Å². The summed E-state index contributed by atoms with van der Waals surface area (Å²) < 4.78 is 46.8. The molecule has 8 rings (SSSR count). The van der Waals surface area contributed by atoms with Crippen molar-refractivity contribution >= 4 is 46.1 Å². The van der Waals surface area contributed by atoms with Gasteiger partial charge in [-0.3, -0.25) is 0 Å². The summed E-state index contributed by atoms with van der Waals surface area (Å²) in [5.74, 6) is 0.0902. The second-order valence-electron chi connectivity index (χ2n) is 16.1. The minimum atomic E-state index is -3.43. The third-order valence-electron chi connectivity index (χ3n) is 11.0. The van der Waals surface area contributed by atoms with Crippen LogP contribution in [0.3, 0.4) is 0 Å². The summed E-state index contributed by atoms with van der Waals surface area (Å²) in [5, 5.41) is 4.35. The summed E-state index contributed by atoms with van der Waals surface area (Å²) in [7, 11) is -6.87. The molecular formula is C47H46O4P2. The van der Waals surface area contributed by atoms with E-state index in [-0.39, 0.29) is 0 Å². The first-order valence-corrected chi connectivity index (χ1v) is 21.8. The lowest BCUT2D eigenvalue weighted by molar-refractivity contribution is -0.165. The van der Waals surface area contributed by atoms with Gasteiger partial charge in [-0.15, -0.1) is 0 Å². The normalized spacial score (nSPS) is 16.9. The Morgan fingerprint density at radius 2 is 0.736 bits per heavy atom. The lowest BCUT2D eigenvalue weighted by atomic mass is 9.69. The Kier molecular flexibility index (Phi) is 8.52. The molecule has 268 valence electrons. The molecule has 0 bridgehead atoms. The van der Waals surface area contributed by atoms with Gasteiger partial charge >= 0.3 is 0 Å². The molecule has 0 aliphatic carbocycles. The number of fused-ring (bicyclic) bond motifs is 2. The zero-order chi connectivity index (χ0) is 37.2. The molecule has 6 aromatic carbocycles. The molecule has 53 heavy (non-hydrogen) atoms. The lowest BCUT2D eigenvalue weighted by Gasteiger charge is -2.52. The van der Waals surface area contributed by atoms with Crippen LogP contribution in [0.5, 0.6) is 11.5 Å². The van der Waals surface area contributed by atoms with Gasteiger partial charge in [0.05, 0.1) is 10.6 Å². The van der Waals surface area contributed by atoms with Crippen LogP contribution in [0, 0.1) is 13.8 Å². The SMILES string of the molecule is Cc1cc2c(c(P(=O)(c3ccccc3)c3ccccc3)c1)OC1(CC2(C)C)CC(C)(C)c2cc(C)cc(P(=O)(c3ccccc3)c3ccccc3)c2O1. The average molecular weight is 737 g/mol. The van der Waals surface area contributed by atoms with E-state index in [4.69, 9.17) is 9.47 Å². The van der Waals surface area contributed by atoms with E-state index in [2.05, 4.69) is 53.7 Å². The van der Waals surface area contributed by atoms with Gasteiger partial charge in [0.2, 0.25) is 0 Å². The van der Waals surface area contributed by atoms with E-state index in [1.165, 1.54) is 0 Å². The number of hydrogen-bond acceptors (Lipinski definition) is 4. The van der Waals surface area contributed by atoms with Crippen LogP contribution < -0.4 is 41.3 Å². The summed E-state index contributed by atoms with van der Waals surface area (Å²) in [5.41, 5.74) is 3.24. The fraction of sp³-hybridized carbons (Fsp3) is 0.234. The standard InChI is InChI=1S/C47H46O4P2/c1-33-27-39-43(41(29-33)52(48,35-19-11-7-12-20-35)36-21-13-8-14-22-36)50-47(31-45(39,3)4)32-46(5,6)40-28-34(2)30-42(44(40)51-47)53(49,37-23-15-9-16-24-37)38-25-17-10-18-26-38/h7-30H,31-32H2,1-6H3. The summed E-state index contributed by atoms with van der Waals surface area (Å²) >= 11 is 0. The molecule has 0 fully saturated rings. The van der Waals surface area contributed by atoms with Crippen molar-refractivity contribution < 1.29 is 18.6 Å². The summed E-state index contributed by atoms with van der Waals surface area (Å²) in [6.07, 6.45) is 1.10. The predicted molar refractivity (Wildman–Crippen MR) is 220 cm³/mol. The second-order valence-corrected chi connectivity index (χ2v) is 21.6. The molecule has 0 radical (unpaired) electrons. The van der Waals surface area contributed by atoms with E-state index in [0.717, 1.165) is 43.5 Å². The maximum atomic E-state index is 16.0. The Labute approximate surface area is 314 Å². The second kappa shape index (κ2) is 12.8. The number of aryl methyl sites for hydroxylation is 2. The molecule has 6 aromatic rings. The molecule has 0 amide bonds. The van der Waals surface area contributed by atoms with Crippen molar-refractivity contribution in [1.29, 1.82) is 0 Å². The van der Waals surface area contributed by atoms with Crippen LogP contribution in [0.25, 0.3) is 0 Å². The van der Waals surface area contributed by atoms with Crippen LogP contribution in [0.2, 0.25) is 0 Å². The Balaban J connectivity index is 1.37. The molecule has 4 nitrogen and oxygen atoms in total. The van der Waals surface area contributed by atoms with Crippen molar-refractivity contribution in [1.82, 2.24) is 0 Å². The first-order valence-electron chi connectivity index (χ1n) is 18.4. The highest BCUT2D eigenvalue weighted by Crippen LogP contribution is 2.58. The Morgan fingerprint density at radius 3 is 1.02 bits per heavy atom. The van der Waals surface area contributed by atoms with Gasteiger partial charge in [0.15, 0.2) is 14.3 Å². The van der Waals surface area contributed by atoms with Crippen molar-refractivity contribution in [2.75, 3.05) is 0 Å². The van der Waals surface area contributed by atoms with Gasteiger partial charge in [0, 0.05) is 56.0 Å². The van der Waals surface area contributed by atoms with Crippen molar-refractivity contribution in [3.05, 3.63) is 168 Å².